The van der Waals surface area contributed by atoms with Gasteiger partial charge in [-0.2, -0.15) is 0 Å². The van der Waals surface area contributed by atoms with Gasteiger partial charge in [0.05, 0.1) is 10.7 Å². The van der Waals surface area contributed by atoms with Crippen molar-refractivity contribution in [3.63, 3.8) is 0 Å². The summed E-state index contributed by atoms with van der Waals surface area (Å²) in [5.41, 5.74) is 1.20. The van der Waals surface area contributed by atoms with Gasteiger partial charge in [-0.1, -0.05) is 33.6 Å². The number of rotatable bonds is 7. The van der Waals surface area contributed by atoms with Crippen LogP contribution in [-0.2, 0) is 12.8 Å². The third kappa shape index (κ3) is 5.86. The lowest BCUT2D eigenvalue weighted by Gasteiger charge is -2.24. The lowest BCUT2D eigenvalue weighted by atomic mass is 9.87. The number of halogens is 1. The Hall–Kier alpha value is -0.370. The predicted octanol–water partition coefficient (Wildman–Crippen LogP) is 4.20. The predicted molar refractivity (Wildman–Crippen MR) is 116 cm³/mol. The van der Waals surface area contributed by atoms with Crippen LogP contribution in [0.2, 0.25) is 0 Å². The zero-order valence-electron chi connectivity index (χ0n) is 15.5. The van der Waals surface area contributed by atoms with Gasteiger partial charge in [0.25, 0.3) is 0 Å². The van der Waals surface area contributed by atoms with Crippen molar-refractivity contribution in [1.82, 2.24) is 15.2 Å². The quantitative estimate of drug-likeness (QED) is 0.374. The second kappa shape index (κ2) is 11.3. The van der Waals surface area contributed by atoms with Crippen LogP contribution in [0.4, 0.5) is 0 Å². The summed E-state index contributed by atoms with van der Waals surface area (Å²) >= 11 is 1.77. The molecule has 0 amide bonds. The summed E-state index contributed by atoms with van der Waals surface area (Å²) in [6.07, 6.45) is 5.90. The van der Waals surface area contributed by atoms with Crippen molar-refractivity contribution in [1.29, 1.82) is 0 Å². The van der Waals surface area contributed by atoms with Gasteiger partial charge in [0.15, 0.2) is 5.96 Å². The molecular formula is C18H33IN4S. The summed E-state index contributed by atoms with van der Waals surface area (Å²) < 4.78 is 0. The van der Waals surface area contributed by atoms with Crippen LogP contribution in [-0.4, -0.2) is 42.5 Å². The molecule has 1 N–H and O–H groups in total. The van der Waals surface area contributed by atoms with Crippen molar-refractivity contribution in [2.75, 3.05) is 26.7 Å². The molecule has 4 nitrogen and oxygen atoms in total. The highest BCUT2D eigenvalue weighted by molar-refractivity contribution is 14.0. The van der Waals surface area contributed by atoms with Crippen LogP contribution in [0.5, 0.6) is 0 Å². The third-order valence-corrected chi connectivity index (χ3v) is 6.06. The zero-order chi connectivity index (χ0) is 16.7. The van der Waals surface area contributed by atoms with E-state index >= 15 is 0 Å². The van der Waals surface area contributed by atoms with Gasteiger partial charge in [0.2, 0.25) is 0 Å². The number of thiazole rings is 1. The van der Waals surface area contributed by atoms with Gasteiger partial charge >= 0.3 is 0 Å². The SMILES string of the molecule is CCc1nc(CCNC(=NC)N2CCC(C(CC)CC)C2)cs1.I. The van der Waals surface area contributed by atoms with E-state index in [4.69, 9.17) is 0 Å². The first kappa shape index (κ1) is 21.7. The summed E-state index contributed by atoms with van der Waals surface area (Å²) in [7, 11) is 1.89. The first-order valence-corrected chi connectivity index (χ1v) is 9.98. The molecule has 1 aromatic rings. The molecule has 0 aromatic carbocycles. The maximum absolute atomic E-state index is 4.63. The smallest absolute Gasteiger partial charge is 0.193 e. The molecule has 1 atom stereocenters. The van der Waals surface area contributed by atoms with Gasteiger partial charge in [-0.3, -0.25) is 4.99 Å². The number of aryl methyl sites for hydroxylation is 1. The molecule has 1 aliphatic heterocycles. The fraction of sp³-hybridized carbons (Fsp3) is 0.778. The average Bonchev–Trinajstić information content (AvgIpc) is 3.22. The Morgan fingerprint density at radius 2 is 2.17 bits per heavy atom. The second-order valence-corrected chi connectivity index (χ2v) is 7.32. The minimum absolute atomic E-state index is 0. The van der Waals surface area contributed by atoms with Crippen molar-refractivity contribution in [3.05, 3.63) is 16.1 Å². The van der Waals surface area contributed by atoms with E-state index in [1.807, 2.05) is 7.05 Å². The Morgan fingerprint density at radius 3 is 2.75 bits per heavy atom. The molecule has 0 spiro atoms. The Morgan fingerprint density at radius 1 is 1.42 bits per heavy atom. The lowest BCUT2D eigenvalue weighted by molar-refractivity contribution is 0.319. The summed E-state index contributed by atoms with van der Waals surface area (Å²) in [5.74, 6) is 2.75. The number of hydrogen-bond donors (Lipinski definition) is 1. The van der Waals surface area contributed by atoms with Crippen LogP contribution >= 0.6 is 35.3 Å². The fourth-order valence-electron chi connectivity index (χ4n) is 3.58. The zero-order valence-corrected chi connectivity index (χ0v) is 18.7. The van der Waals surface area contributed by atoms with E-state index in [0.29, 0.717) is 0 Å². The van der Waals surface area contributed by atoms with Crippen LogP contribution in [0.3, 0.4) is 0 Å². The fourth-order valence-corrected chi connectivity index (χ4v) is 4.36. The molecule has 6 heteroatoms. The highest BCUT2D eigenvalue weighted by Crippen LogP contribution is 2.28. The molecule has 24 heavy (non-hydrogen) atoms. The molecule has 0 saturated carbocycles. The van der Waals surface area contributed by atoms with Crippen molar-refractivity contribution in [2.45, 2.75) is 52.9 Å². The van der Waals surface area contributed by atoms with Gasteiger partial charge in [-0.15, -0.1) is 35.3 Å². The van der Waals surface area contributed by atoms with Gasteiger partial charge in [-0.25, -0.2) is 4.98 Å². The number of aliphatic imine (C=N–C) groups is 1. The second-order valence-electron chi connectivity index (χ2n) is 6.38. The van der Waals surface area contributed by atoms with E-state index in [0.717, 1.165) is 50.3 Å². The van der Waals surface area contributed by atoms with Crippen molar-refractivity contribution in [2.24, 2.45) is 16.8 Å². The van der Waals surface area contributed by atoms with E-state index < -0.39 is 0 Å². The third-order valence-electron chi connectivity index (χ3n) is 5.02. The summed E-state index contributed by atoms with van der Waals surface area (Å²) in [5, 5.41) is 6.94. The van der Waals surface area contributed by atoms with Crippen molar-refractivity contribution < 1.29 is 0 Å². The molecule has 2 heterocycles. The molecule has 0 bridgehead atoms. The number of aromatic nitrogens is 1. The van der Waals surface area contributed by atoms with Crippen LogP contribution in [0.15, 0.2) is 10.4 Å². The first-order chi connectivity index (χ1) is 11.2. The Bertz CT molecular complexity index is 499. The van der Waals surface area contributed by atoms with E-state index in [9.17, 15) is 0 Å². The van der Waals surface area contributed by atoms with Gasteiger partial charge in [-0.05, 0) is 24.7 Å². The van der Waals surface area contributed by atoms with Crippen molar-refractivity contribution >= 4 is 41.3 Å². The largest absolute Gasteiger partial charge is 0.356 e. The Kier molecular flexibility index (Phi) is 10.2. The summed E-state index contributed by atoms with van der Waals surface area (Å²) in [4.78, 5) is 11.5. The molecule has 138 valence electrons. The van der Waals surface area contributed by atoms with E-state index in [2.05, 4.69) is 46.3 Å². The molecule has 1 saturated heterocycles. The number of nitrogens with one attached hydrogen (secondary N) is 1. The maximum atomic E-state index is 4.63. The Balaban J connectivity index is 0.00000288. The first-order valence-electron chi connectivity index (χ1n) is 9.10. The minimum Gasteiger partial charge on any atom is -0.356 e. The van der Waals surface area contributed by atoms with Gasteiger partial charge < -0.3 is 10.2 Å². The van der Waals surface area contributed by atoms with Crippen LogP contribution in [0.25, 0.3) is 0 Å². The molecule has 0 aliphatic carbocycles. The maximum Gasteiger partial charge on any atom is 0.193 e. The minimum atomic E-state index is 0. The molecule has 1 aliphatic rings. The highest BCUT2D eigenvalue weighted by atomic mass is 127. The molecule has 2 rings (SSSR count). The van der Waals surface area contributed by atoms with Crippen LogP contribution in [0.1, 0.15) is 50.7 Å². The average molecular weight is 464 g/mol. The van der Waals surface area contributed by atoms with Crippen molar-refractivity contribution in [3.8, 4) is 0 Å². The molecule has 1 aromatic heterocycles. The number of hydrogen-bond acceptors (Lipinski definition) is 3. The molecule has 0 radical (unpaired) electrons. The van der Waals surface area contributed by atoms with E-state index in [-0.39, 0.29) is 24.0 Å². The van der Waals surface area contributed by atoms with Gasteiger partial charge in [0.1, 0.15) is 0 Å². The number of nitrogens with zero attached hydrogens (tertiary/aromatic N) is 3. The molecular weight excluding hydrogens is 431 g/mol. The molecule has 1 unspecified atom stereocenters. The standard InChI is InChI=1S/C18H32N4S.HI/c1-5-14(6-2)15-9-11-22(12-15)18(19-4)20-10-8-16-13-23-17(7-3)21-16;/h13-15H,5-12H2,1-4H3,(H,19,20);1H. The monoisotopic (exact) mass is 464 g/mol. The number of guanidine groups is 1. The lowest BCUT2D eigenvalue weighted by Crippen LogP contribution is -2.41. The van der Waals surface area contributed by atoms with E-state index in [1.54, 1.807) is 11.3 Å². The number of likely N-dealkylation sites (tertiary alicyclic amines) is 1. The summed E-state index contributed by atoms with van der Waals surface area (Å²) in [6, 6.07) is 0. The van der Waals surface area contributed by atoms with Crippen LogP contribution < -0.4 is 5.32 Å². The highest BCUT2D eigenvalue weighted by Gasteiger charge is 2.29. The normalized spacial score (nSPS) is 18.1. The molecule has 1 fully saturated rings. The Labute approximate surface area is 168 Å². The topological polar surface area (TPSA) is 40.5 Å². The summed E-state index contributed by atoms with van der Waals surface area (Å²) in [6.45, 7) is 10.0. The van der Waals surface area contributed by atoms with E-state index in [1.165, 1.54) is 30.0 Å². The van der Waals surface area contributed by atoms with Gasteiger partial charge in [0, 0.05) is 38.5 Å². The van der Waals surface area contributed by atoms with Crippen LogP contribution in [0, 0.1) is 11.8 Å².